The molecule has 0 saturated carbocycles. The van der Waals surface area contributed by atoms with Gasteiger partial charge in [0.05, 0.1) is 5.71 Å². The highest BCUT2D eigenvalue weighted by atomic mass is 32.1. The van der Waals surface area contributed by atoms with E-state index in [1.165, 1.54) is 0 Å². The number of nitrogens with zero attached hydrogens (tertiary/aromatic N) is 1. The van der Waals surface area contributed by atoms with Gasteiger partial charge in [-0.15, -0.1) is 0 Å². The predicted molar refractivity (Wildman–Crippen MR) is 118 cm³/mol. The highest BCUT2D eigenvalue weighted by Gasteiger charge is 2.27. The van der Waals surface area contributed by atoms with E-state index in [1.54, 1.807) is 0 Å². The van der Waals surface area contributed by atoms with Crippen LogP contribution in [0.4, 0.5) is 0 Å². The molecule has 144 valence electrons. The first-order valence-electron chi connectivity index (χ1n) is 8.98. The third-order valence-electron chi connectivity index (χ3n) is 4.32. The first-order valence-corrected chi connectivity index (χ1v) is 9.39. The van der Waals surface area contributed by atoms with E-state index in [9.17, 15) is 5.11 Å². The Hall–Kier alpha value is -2.40. The van der Waals surface area contributed by atoms with E-state index in [4.69, 9.17) is 18.0 Å². The molecular weight excluding hydrogens is 354 g/mol. The van der Waals surface area contributed by atoms with Gasteiger partial charge in [0.15, 0.2) is 5.11 Å². The van der Waals surface area contributed by atoms with E-state index in [-0.39, 0.29) is 15.9 Å². The van der Waals surface area contributed by atoms with Gasteiger partial charge in [-0.1, -0.05) is 71.9 Å². The molecule has 4 N–H and O–H groups in total. The zero-order valence-electron chi connectivity index (χ0n) is 16.9. The Morgan fingerprint density at radius 2 is 1.41 bits per heavy atom. The number of hydrazone groups is 1. The molecular formula is C22H29N3OS. The second kappa shape index (κ2) is 7.69. The third kappa shape index (κ3) is 5.07. The van der Waals surface area contributed by atoms with Crippen LogP contribution in [0.3, 0.4) is 0 Å². The lowest BCUT2D eigenvalue weighted by molar-refractivity contribution is 0.423. The van der Waals surface area contributed by atoms with Gasteiger partial charge in [0.2, 0.25) is 0 Å². The maximum absolute atomic E-state index is 11.0. The summed E-state index contributed by atoms with van der Waals surface area (Å²) in [5.74, 6) is 0.341. The molecule has 0 atom stereocenters. The number of nitrogens with one attached hydrogen (secondary N) is 1. The van der Waals surface area contributed by atoms with Crippen LogP contribution in [-0.2, 0) is 10.8 Å². The van der Waals surface area contributed by atoms with Crippen LogP contribution in [0.15, 0.2) is 47.6 Å². The molecule has 0 unspecified atom stereocenters. The van der Waals surface area contributed by atoms with Crippen molar-refractivity contribution >= 4 is 23.0 Å². The van der Waals surface area contributed by atoms with Crippen molar-refractivity contribution in [1.82, 2.24) is 5.43 Å². The van der Waals surface area contributed by atoms with Gasteiger partial charge in [0.1, 0.15) is 5.75 Å². The summed E-state index contributed by atoms with van der Waals surface area (Å²) in [5, 5.41) is 15.5. The van der Waals surface area contributed by atoms with Crippen LogP contribution in [0.25, 0.3) is 0 Å². The molecule has 0 aliphatic rings. The van der Waals surface area contributed by atoms with E-state index in [0.717, 1.165) is 28.0 Å². The van der Waals surface area contributed by atoms with Crippen LogP contribution in [0.5, 0.6) is 5.75 Å². The number of phenols is 1. The van der Waals surface area contributed by atoms with Crippen LogP contribution in [0, 0.1) is 0 Å². The molecule has 5 heteroatoms. The van der Waals surface area contributed by atoms with Gasteiger partial charge < -0.3 is 10.8 Å². The lowest BCUT2D eigenvalue weighted by Gasteiger charge is -2.28. The number of thiocarbonyl (C=S) groups is 1. The van der Waals surface area contributed by atoms with Crippen molar-refractivity contribution in [3.8, 4) is 5.75 Å². The number of benzene rings is 2. The van der Waals surface area contributed by atoms with E-state index < -0.39 is 0 Å². The van der Waals surface area contributed by atoms with Crippen LogP contribution in [0.2, 0.25) is 0 Å². The second-order valence-corrected chi connectivity index (χ2v) is 9.16. The fourth-order valence-electron chi connectivity index (χ4n) is 2.92. The monoisotopic (exact) mass is 383 g/mol. The summed E-state index contributed by atoms with van der Waals surface area (Å²) >= 11 is 4.92. The van der Waals surface area contributed by atoms with E-state index in [0.29, 0.717) is 5.75 Å². The lowest BCUT2D eigenvalue weighted by Crippen LogP contribution is -2.26. The lowest BCUT2D eigenvalue weighted by atomic mass is 9.77. The minimum Gasteiger partial charge on any atom is -0.507 e. The Labute approximate surface area is 167 Å². The summed E-state index contributed by atoms with van der Waals surface area (Å²) in [6.45, 7) is 12.5. The fourth-order valence-corrected chi connectivity index (χ4v) is 2.96. The molecule has 0 aliphatic carbocycles. The zero-order valence-corrected chi connectivity index (χ0v) is 17.7. The number of aromatic hydroxyl groups is 1. The average Bonchev–Trinajstić information content (AvgIpc) is 2.54. The number of hydrogen-bond acceptors (Lipinski definition) is 3. The smallest absolute Gasteiger partial charge is 0.184 e. The van der Waals surface area contributed by atoms with Crippen molar-refractivity contribution in [2.45, 2.75) is 52.4 Å². The minimum absolute atomic E-state index is 0.106. The van der Waals surface area contributed by atoms with Crippen LogP contribution in [0.1, 0.15) is 63.8 Å². The van der Waals surface area contributed by atoms with Gasteiger partial charge in [-0.05, 0) is 35.2 Å². The average molecular weight is 384 g/mol. The van der Waals surface area contributed by atoms with Crippen molar-refractivity contribution in [2.75, 3.05) is 0 Å². The molecule has 0 saturated heterocycles. The Balaban J connectivity index is 2.79. The number of nitrogens with two attached hydrogens (primary N) is 1. The van der Waals surface area contributed by atoms with E-state index in [2.05, 4.69) is 52.1 Å². The zero-order chi connectivity index (χ0) is 20.4. The molecule has 2 aromatic carbocycles. The number of phenolic OH excluding ortho intramolecular Hbond substituents is 1. The topological polar surface area (TPSA) is 70.6 Å². The Bertz CT molecular complexity index is 824. The molecule has 0 aliphatic heterocycles. The van der Waals surface area contributed by atoms with Gasteiger partial charge in [-0.2, -0.15) is 5.10 Å². The summed E-state index contributed by atoms with van der Waals surface area (Å²) in [7, 11) is 0. The molecule has 0 fully saturated rings. The quantitative estimate of drug-likeness (QED) is 0.412. The summed E-state index contributed by atoms with van der Waals surface area (Å²) in [5.41, 5.74) is 12.2. The van der Waals surface area contributed by atoms with Crippen molar-refractivity contribution in [3.05, 3.63) is 64.7 Å². The van der Waals surface area contributed by atoms with E-state index >= 15 is 0 Å². The molecule has 0 spiro atoms. The van der Waals surface area contributed by atoms with Gasteiger partial charge in [-0.25, -0.2) is 0 Å². The van der Waals surface area contributed by atoms with Gasteiger partial charge >= 0.3 is 0 Å². The van der Waals surface area contributed by atoms with Gasteiger partial charge in [0.25, 0.3) is 0 Å². The summed E-state index contributed by atoms with van der Waals surface area (Å²) in [6.07, 6.45) is 0. The summed E-state index contributed by atoms with van der Waals surface area (Å²) in [6, 6.07) is 13.8. The first kappa shape index (κ1) is 20.9. The highest BCUT2D eigenvalue weighted by Crippen LogP contribution is 2.40. The molecule has 0 radical (unpaired) electrons. The first-order chi connectivity index (χ1) is 12.4. The van der Waals surface area contributed by atoms with Crippen molar-refractivity contribution in [2.24, 2.45) is 10.8 Å². The molecule has 27 heavy (non-hydrogen) atoms. The molecule has 0 bridgehead atoms. The van der Waals surface area contributed by atoms with Crippen LogP contribution < -0.4 is 11.2 Å². The molecule has 0 amide bonds. The fraction of sp³-hybridized carbons (Fsp3) is 0.364. The van der Waals surface area contributed by atoms with Crippen LogP contribution in [-0.4, -0.2) is 15.9 Å². The molecule has 0 heterocycles. The second-order valence-electron chi connectivity index (χ2n) is 8.72. The summed E-state index contributed by atoms with van der Waals surface area (Å²) < 4.78 is 0. The van der Waals surface area contributed by atoms with Gasteiger partial charge in [-0.3, -0.25) is 5.43 Å². The standard InChI is InChI=1S/C22H29N3OS/c1-21(2,3)16-12-15(13-17(19(16)26)22(4,5)6)18(24-25-20(23)27)14-10-8-7-9-11-14/h7-13,26H,1-6H3,(H3,23,25,27). The van der Waals surface area contributed by atoms with Crippen molar-refractivity contribution in [3.63, 3.8) is 0 Å². The van der Waals surface area contributed by atoms with Gasteiger partial charge in [0, 0.05) is 22.3 Å². The Kier molecular flexibility index (Phi) is 5.95. The van der Waals surface area contributed by atoms with Crippen molar-refractivity contribution in [1.29, 1.82) is 0 Å². The Morgan fingerprint density at radius 1 is 0.926 bits per heavy atom. The molecule has 2 rings (SSSR count). The SMILES string of the molecule is CC(C)(C)c1cc(C(=NNC(N)=S)c2ccccc2)cc(C(C)(C)C)c1O. The largest absolute Gasteiger partial charge is 0.507 e. The maximum atomic E-state index is 11.0. The molecule has 2 aromatic rings. The van der Waals surface area contributed by atoms with Crippen LogP contribution >= 0.6 is 12.2 Å². The summed E-state index contributed by atoms with van der Waals surface area (Å²) in [4.78, 5) is 0. The predicted octanol–water partition coefficient (Wildman–Crippen LogP) is 4.57. The Morgan fingerprint density at radius 3 is 1.81 bits per heavy atom. The third-order valence-corrected chi connectivity index (χ3v) is 4.42. The normalized spacial score (nSPS) is 12.7. The highest BCUT2D eigenvalue weighted by molar-refractivity contribution is 7.80. The van der Waals surface area contributed by atoms with Crippen molar-refractivity contribution < 1.29 is 5.11 Å². The number of hydrogen-bond donors (Lipinski definition) is 3. The minimum atomic E-state index is -0.224. The molecule has 4 nitrogen and oxygen atoms in total. The van der Waals surface area contributed by atoms with E-state index in [1.807, 2.05) is 42.5 Å². The number of rotatable bonds is 3. The molecule has 0 aromatic heterocycles. The maximum Gasteiger partial charge on any atom is 0.184 e.